The van der Waals surface area contributed by atoms with E-state index in [-0.39, 0.29) is 11.6 Å². The van der Waals surface area contributed by atoms with Gasteiger partial charge in [0.15, 0.2) is 0 Å². The number of fused-ring (bicyclic) bond motifs is 1. The van der Waals surface area contributed by atoms with Crippen LogP contribution in [0.4, 0.5) is 0 Å². The van der Waals surface area contributed by atoms with Crippen molar-refractivity contribution in [2.45, 2.75) is 37.8 Å². The number of para-hydroxylation sites is 1. The van der Waals surface area contributed by atoms with E-state index >= 15 is 0 Å². The number of nitrogens with zero attached hydrogens (tertiary/aromatic N) is 1. The number of hydrogen-bond acceptors (Lipinski definition) is 5. The summed E-state index contributed by atoms with van der Waals surface area (Å²) in [4.78, 5) is 4.67. The summed E-state index contributed by atoms with van der Waals surface area (Å²) in [5.41, 5.74) is 3.81. The summed E-state index contributed by atoms with van der Waals surface area (Å²) >= 11 is 1.74. The van der Waals surface area contributed by atoms with Crippen molar-refractivity contribution in [3.63, 3.8) is 0 Å². The second-order valence-electron chi connectivity index (χ2n) is 5.26. The third-order valence-corrected chi connectivity index (χ3v) is 4.96. The first-order valence-corrected chi connectivity index (χ1v) is 7.47. The minimum atomic E-state index is -0.174. The molecule has 1 aromatic heterocycles. The number of thiazole rings is 1. The Labute approximate surface area is 116 Å². The van der Waals surface area contributed by atoms with Crippen LogP contribution < -0.4 is 11.3 Å². The topological polar surface area (TPSA) is 60.2 Å². The average Bonchev–Trinajstić information content (AvgIpc) is 3.02. The maximum absolute atomic E-state index is 5.87. The molecule has 19 heavy (non-hydrogen) atoms. The van der Waals surface area contributed by atoms with Crippen molar-refractivity contribution in [1.82, 2.24) is 10.4 Å². The van der Waals surface area contributed by atoms with Gasteiger partial charge in [-0.15, -0.1) is 11.3 Å². The fraction of sp³-hybridized carbons (Fsp3) is 0.500. The third kappa shape index (κ3) is 2.51. The standard InChI is InChI=1S/C14H19N3OS/c1-14(7-4-8-18-14)12(17-15)9-13-16-10-5-2-3-6-11(10)19-13/h2-3,5-6,12,17H,4,7-9,15H2,1H3. The Morgan fingerprint density at radius 1 is 1.53 bits per heavy atom. The molecule has 2 aromatic rings. The van der Waals surface area contributed by atoms with Gasteiger partial charge in [-0.3, -0.25) is 11.3 Å². The first-order valence-electron chi connectivity index (χ1n) is 6.66. The quantitative estimate of drug-likeness (QED) is 0.664. The van der Waals surface area contributed by atoms with Crippen molar-refractivity contribution in [1.29, 1.82) is 0 Å². The Bertz CT molecular complexity index is 530. The Kier molecular flexibility index (Phi) is 3.54. The summed E-state index contributed by atoms with van der Waals surface area (Å²) in [7, 11) is 0. The first-order chi connectivity index (χ1) is 9.21. The molecular weight excluding hydrogens is 258 g/mol. The van der Waals surface area contributed by atoms with Crippen LogP contribution in [0.5, 0.6) is 0 Å². The number of hydrogen-bond donors (Lipinski definition) is 2. The third-order valence-electron chi connectivity index (χ3n) is 3.90. The van der Waals surface area contributed by atoms with Gasteiger partial charge in [0, 0.05) is 13.0 Å². The summed E-state index contributed by atoms with van der Waals surface area (Å²) in [5, 5.41) is 1.11. The minimum Gasteiger partial charge on any atom is -0.374 e. The van der Waals surface area contributed by atoms with E-state index in [1.165, 1.54) is 4.70 Å². The summed E-state index contributed by atoms with van der Waals surface area (Å²) in [6, 6.07) is 8.33. The predicted octanol–water partition coefficient (Wildman–Crippen LogP) is 2.24. The number of nitrogens with two attached hydrogens (primary N) is 1. The zero-order chi connectivity index (χ0) is 13.3. The number of ether oxygens (including phenoxy) is 1. The van der Waals surface area contributed by atoms with Gasteiger partial charge in [0.05, 0.1) is 26.9 Å². The Hall–Kier alpha value is -1.01. The second kappa shape index (κ2) is 5.17. The van der Waals surface area contributed by atoms with Gasteiger partial charge in [0.25, 0.3) is 0 Å². The molecule has 1 fully saturated rings. The van der Waals surface area contributed by atoms with Crippen molar-refractivity contribution in [2.75, 3.05) is 6.61 Å². The lowest BCUT2D eigenvalue weighted by Crippen LogP contribution is -2.52. The number of benzene rings is 1. The van der Waals surface area contributed by atoms with Gasteiger partial charge in [-0.1, -0.05) is 12.1 Å². The van der Waals surface area contributed by atoms with E-state index in [2.05, 4.69) is 23.4 Å². The summed E-state index contributed by atoms with van der Waals surface area (Å²) in [6.07, 6.45) is 2.97. The maximum Gasteiger partial charge on any atom is 0.0955 e. The Balaban J connectivity index is 1.82. The molecule has 3 N–H and O–H groups in total. The fourth-order valence-corrected chi connectivity index (χ4v) is 3.72. The molecule has 5 heteroatoms. The normalized spacial score (nSPS) is 24.9. The molecule has 0 bridgehead atoms. The van der Waals surface area contributed by atoms with E-state index in [9.17, 15) is 0 Å². The van der Waals surface area contributed by atoms with Crippen LogP contribution in [0.3, 0.4) is 0 Å². The lowest BCUT2D eigenvalue weighted by molar-refractivity contribution is -0.0115. The van der Waals surface area contributed by atoms with Crippen molar-refractivity contribution in [3.05, 3.63) is 29.3 Å². The largest absolute Gasteiger partial charge is 0.374 e. The van der Waals surface area contributed by atoms with Crippen LogP contribution in [0.15, 0.2) is 24.3 Å². The van der Waals surface area contributed by atoms with Crippen molar-refractivity contribution in [2.24, 2.45) is 5.84 Å². The molecule has 2 unspecified atom stereocenters. The first kappa shape index (κ1) is 13.0. The molecule has 2 heterocycles. The molecule has 0 radical (unpaired) electrons. The smallest absolute Gasteiger partial charge is 0.0955 e. The van der Waals surface area contributed by atoms with E-state index < -0.39 is 0 Å². The second-order valence-corrected chi connectivity index (χ2v) is 6.38. The maximum atomic E-state index is 5.87. The van der Waals surface area contributed by atoms with Gasteiger partial charge in [-0.2, -0.15) is 0 Å². The highest BCUT2D eigenvalue weighted by atomic mass is 32.1. The SMILES string of the molecule is CC1(C(Cc2nc3ccccc3s2)NN)CCCO1. The molecular formula is C14H19N3OS. The number of rotatable bonds is 4. The lowest BCUT2D eigenvalue weighted by Gasteiger charge is -2.32. The minimum absolute atomic E-state index is 0.107. The number of aromatic nitrogens is 1. The highest BCUT2D eigenvalue weighted by Gasteiger charge is 2.38. The fourth-order valence-electron chi connectivity index (χ4n) is 2.71. The van der Waals surface area contributed by atoms with Gasteiger partial charge in [0.1, 0.15) is 0 Å². The van der Waals surface area contributed by atoms with Crippen molar-refractivity contribution >= 4 is 21.6 Å². The monoisotopic (exact) mass is 277 g/mol. The molecule has 102 valence electrons. The van der Waals surface area contributed by atoms with E-state index in [0.29, 0.717) is 0 Å². The van der Waals surface area contributed by atoms with E-state index in [0.717, 1.165) is 36.4 Å². The zero-order valence-electron chi connectivity index (χ0n) is 11.1. The zero-order valence-corrected chi connectivity index (χ0v) is 11.9. The van der Waals surface area contributed by atoms with Crippen LogP contribution in [0.25, 0.3) is 10.2 Å². The molecule has 4 nitrogen and oxygen atoms in total. The number of nitrogens with one attached hydrogen (secondary N) is 1. The van der Waals surface area contributed by atoms with Crippen LogP contribution in [-0.4, -0.2) is 23.2 Å². The van der Waals surface area contributed by atoms with Gasteiger partial charge >= 0.3 is 0 Å². The molecule has 0 spiro atoms. The molecule has 1 saturated heterocycles. The van der Waals surface area contributed by atoms with Crippen LogP contribution in [-0.2, 0) is 11.2 Å². The van der Waals surface area contributed by atoms with Crippen LogP contribution in [0.2, 0.25) is 0 Å². The Morgan fingerprint density at radius 2 is 2.37 bits per heavy atom. The van der Waals surface area contributed by atoms with Gasteiger partial charge < -0.3 is 4.74 Å². The van der Waals surface area contributed by atoms with Gasteiger partial charge in [-0.25, -0.2) is 4.98 Å². The molecule has 0 aliphatic carbocycles. The van der Waals surface area contributed by atoms with Crippen molar-refractivity contribution in [3.8, 4) is 0 Å². The average molecular weight is 277 g/mol. The number of hydrazine groups is 1. The van der Waals surface area contributed by atoms with Crippen molar-refractivity contribution < 1.29 is 4.74 Å². The van der Waals surface area contributed by atoms with E-state index in [1.807, 2.05) is 18.2 Å². The van der Waals surface area contributed by atoms with Gasteiger partial charge in [-0.05, 0) is 31.9 Å². The van der Waals surface area contributed by atoms with Crippen LogP contribution >= 0.6 is 11.3 Å². The molecule has 2 atom stereocenters. The van der Waals surface area contributed by atoms with E-state index in [1.54, 1.807) is 11.3 Å². The molecule has 0 amide bonds. The lowest BCUT2D eigenvalue weighted by atomic mass is 9.91. The molecule has 1 aliphatic heterocycles. The summed E-state index contributed by atoms with van der Waals surface area (Å²) in [5.74, 6) is 5.73. The Morgan fingerprint density at radius 3 is 3.05 bits per heavy atom. The van der Waals surface area contributed by atoms with Crippen LogP contribution in [0, 0.1) is 0 Å². The highest BCUT2D eigenvalue weighted by Crippen LogP contribution is 2.31. The molecule has 3 rings (SSSR count). The molecule has 0 saturated carbocycles. The van der Waals surface area contributed by atoms with Gasteiger partial charge in [0.2, 0.25) is 0 Å². The summed E-state index contributed by atoms with van der Waals surface area (Å²) < 4.78 is 7.10. The highest BCUT2D eigenvalue weighted by molar-refractivity contribution is 7.18. The van der Waals surface area contributed by atoms with Crippen LogP contribution in [0.1, 0.15) is 24.8 Å². The predicted molar refractivity (Wildman–Crippen MR) is 78.0 cm³/mol. The molecule has 1 aromatic carbocycles. The van der Waals surface area contributed by atoms with E-state index in [4.69, 9.17) is 10.6 Å². The molecule has 1 aliphatic rings. The summed E-state index contributed by atoms with van der Waals surface area (Å²) in [6.45, 7) is 2.96.